The van der Waals surface area contributed by atoms with Crippen LogP contribution < -0.4 is 5.73 Å². The zero-order valence-electron chi connectivity index (χ0n) is 20.6. The Kier molecular flexibility index (Phi) is 6.21. The van der Waals surface area contributed by atoms with Gasteiger partial charge in [0.15, 0.2) is 5.82 Å². The molecule has 1 aliphatic rings. The number of hydrogen-bond acceptors (Lipinski definition) is 8. The van der Waals surface area contributed by atoms with Gasteiger partial charge in [0.2, 0.25) is 11.8 Å². The number of nitrogens with two attached hydrogens (primary N) is 1. The van der Waals surface area contributed by atoms with Crippen LogP contribution in [0.1, 0.15) is 76.4 Å². The lowest BCUT2D eigenvalue weighted by Crippen LogP contribution is -2.09. The fourth-order valence-corrected chi connectivity index (χ4v) is 5.44. The summed E-state index contributed by atoms with van der Waals surface area (Å²) in [5.74, 6) is 2.96. The van der Waals surface area contributed by atoms with E-state index in [0.29, 0.717) is 24.7 Å². The van der Waals surface area contributed by atoms with Crippen LogP contribution in [-0.4, -0.2) is 37.2 Å². The molecular weight excluding hydrogens is 458 g/mol. The highest BCUT2D eigenvalue weighted by molar-refractivity contribution is 7.15. The van der Waals surface area contributed by atoms with E-state index in [1.54, 1.807) is 11.3 Å². The third-order valence-electron chi connectivity index (χ3n) is 6.21. The second kappa shape index (κ2) is 9.31. The minimum absolute atomic E-state index is 0.166. The molecule has 5 rings (SSSR count). The molecule has 0 spiro atoms. The van der Waals surface area contributed by atoms with Gasteiger partial charge in [0, 0.05) is 28.5 Å². The van der Waals surface area contributed by atoms with Gasteiger partial charge in [-0.15, -0.1) is 31.7 Å². The van der Waals surface area contributed by atoms with Crippen molar-refractivity contribution in [1.82, 2.24) is 25.0 Å². The van der Waals surface area contributed by atoms with Crippen molar-refractivity contribution in [1.29, 1.82) is 0 Å². The van der Waals surface area contributed by atoms with Crippen LogP contribution in [0.5, 0.6) is 0 Å². The van der Waals surface area contributed by atoms with Crippen LogP contribution in [0.4, 0.5) is 0 Å². The average Bonchev–Trinajstić information content (AvgIpc) is 3.52. The summed E-state index contributed by atoms with van der Waals surface area (Å²) >= 11 is 1.75. The van der Waals surface area contributed by atoms with E-state index in [9.17, 15) is 0 Å². The molecule has 1 aromatic carbocycles. The molecule has 2 N–H and O–H groups in total. The minimum Gasteiger partial charge on any atom is -0.425 e. The van der Waals surface area contributed by atoms with E-state index in [1.807, 2.05) is 32.9 Å². The molecule has 1 aliphatic heterocycles. The summed E-state index contributed by atoms with van der Waals surface area (Å²) in [6, 6.07) is 8.10. The van der Waals surface area contributed by atoms with Crippen molar-refractivity contribution in [3.8, 4) is 5.00 Å². The number of hydrogen-bond donors (Lipinski definition) is 1. The molecular formula is C26H29N7OS. The quantitative estimate of drug-likeness (QED) is 0.416. The molecule has 0 unspecified atom stereocenters. The number of benzene rings is 1. The number of aromatic nitrogens is 5. The van der Waals surface area contributed by atoms with Crippen molar-refractivity contribution < 1.29 is 4.42 Å². The van der Waals surface area contributed by atoms with E-state index in [-0.39, 0.29) is 12.0 Å². The SMILES string of the molecule is Cc1sc2c(c1C)C(c1ccc(/C=C/CN)cc1)=N[C@@H](Cc1nnc(C(C)C)o1)c1nnc(C)n1-2. The van der Waals surface area contributed by atoms with Gasteiger partial charge in [0.05, 0.1) is 12.1 Å². The molecule has 0 amide bonds. The van der Waals surface area contributed by atoms with Crippen LogP contribution in [-0.2, 0) is 6.42 Å². The molecule has 0 aliphatic carbocycles. The smallest absolute Gasteiger partial charge is 0.219 e. The molecule has 0 saturated heterocycles. The maximum atomic E-state index is 5.94. The first kappa shape index (κ1) is 23.3. The molecule has 3 aromatic heterocycles. The van der Waals surface area contributed by atoms with Crippen LogP contribution in [0.15, 0.2) is 39.8 Å². The zero-order valence-corrected chi connectivity index (χ0v) is 21.4. The summed E-state index contributed by atoms with van der Waals surface area (Å²) in [6.07, 6.45) is 4.42. The van der Waals surface area contributed by atoms with Crippen LogP contribution in [0.25, 0.3) is 11.1 Å². The first-order valence-electron chi connectivity index (χ1n) is 11.8. The van der Waals surface area contributed by atoms with Crippen molar-refractivity contribution in [3.05, 3.63) is 80.9 Å². The Hall–Kier alpha value is -3.43. The Balaban J connectivity index is 1.66. The largest absolute Gasteiger partial charge is 0.425 e. The highest BCUT2D eigenvalue weighted by Crippen LogP contribution is 2.39. The maximum Gasteiger partial charge on any atom is 0.219 e. The lowest BCUT2D eigenvalue weighted by atomic mass is 9.98. The first-order valence-corrected chi connectivity index (χ1v) is 12.6. The molecule has 4 aromatic rings. The first-order chi connectivity index (χ1) is 16.9. The van der Waals surface area contributed by atoms with Gasteiger partial charge in [-0.25, -0.2) is 0 Å². The summed E-state index contributed by atoms with van der Waals surface area (Å²) in [4.78, 5) is 6.54. The van der Waals surface area contributed by atoms with Crippen LogP contribution in [0.2, 0.25) is 0 Å². The molecule has 8 nitrogen and oxygen atoms in total. The lowest BCUT2D eigenvalue weighted by Gasteiger charge is -2.11. The third-order valence-corrected chi connectivity index (χ3v) is 7.41. The van der Waals surface area contributed by atoms with Gasteiger partial charge in [-0.05, 0) is 31.9 Å². The molecule has 0 fully saturated rings. The Labute approximate surface area is 208 Å². The van der Waals surface area contributed by atoms with Gasteiger partial charge >= 0.3 is 0 Å². The van der Waals surface area contributed by atoms with E-state index in [1.165, 1.54) is 10.4 Å². The molecule has 1 atom stereocenters. The van der Waals surface area contributed by atoms with Crippen molar-refractivity contribution in [2.75, 3.05) is 6.54 Å². The maximum absolute atomic E-state index is 5.94. The van der Waals surface area contributed by atoms with E-state index in [0.717, 1.165) is 39.1 Å². The van der Waals surface area contributed by atoms with Gasteiger partial charge in [-0.3, -0.25) is 9.56 Å². The summed E-state index contributed by atoms with van der Waals surface area (Å²) in [5, 5.41) is 18.6. The molecule has 0 saturated carbocycles. The standard InChI is InChI=1S/C26H29N7OS/c1-14(2)25-32-30-21(34-25)13-20-24-31-29-17(5)33(24)26-22(15(3)16(4)35-26)23(28-20)19-10-8-18(9-11-19)7-6-12-27/h6-11,14,20H,12-13,27H2,1-5H3/b7-6+/t20-/m0/s1. The summed E-state index contributed by atoms with van der Waals surface area (Å²) in [6.45, 7) is 10.9. The van der Waals surface area contributed by atoms with E-state index in [4.69, 9.17) is 15.1 Å². The predicted octanol–water partition coefficient (Wildman–Crippen LogP) is 4.87. The zero-order chi connectivity index (χ0) is 24.7. The number of thiophene rings is 1. The average molecular weight is 488 g/mol. The fourth-order valence-electron chi connectivity index (χ4n) is 4.23. The highest BCUT2D eigenvalue weighted by Gasteiger charge is 2.32. The molecule has 180 valence electrons. The molecule has 0 radical (unpaired) electrons. The van der Waals surface area contributed by atoms with Crippen LogP contribution in [0.3, 0.4) is 0 Å². The van der Waals surface area contributed by atoms with Crippen LogP contribution >= 0.6 is 11.3 Å². The Morgan fingerprint density at radius 2 is 1.86 bits per heavy atom. The molecule has 35 heavy (non-hydrogen) atoms. The van der Waals surface area contributed by atoms with Gasteiger partial charge in [0.1, 0.15) is 16.9 Å². The van der Waals surface area contributed by atoms with Gasteiger partial charge in [0.25, 0.3) is 0 Å². The van der Waals surface area contributed by atoms with Gasteiger partial charge in [-0.1, -0.05) is 50.3 Å². The van der Waals surface area contributed by atoms with E-state index in [2.05, 4.69) is 63.1 Å². The number of aryl methyl sites for hydroxylation is 2. The summed E-state index contributed by atoms with van der Waals surface area (Å²) < 4.78 is 8.08. The van der Waals surface area contributed by atoms with Crippen molar-refractivity contribution in [2.24, 2.45) is 10.7 Å². The molecule has 0 bridgehead atoms. The number of aliphatic imine (C=N–C) groups is 1. The van der Waals surface area contributed by atoms with Crippen LogP contribution in [0, 0.1) is 20.8 Å². The van der Waals surface area contributed by atoms with Crippen molar-refractivity contribution >= 4 is 23.1 Å². The highest BCUT2D eigenvalue weighted by atomic mass is 32.1. The second-order valence-electron chi connectivity index (χ2n) is 9.05. The number of rotatable bonds is 6. The van der Waals surface area contributed by atoms with Crippen molar-refractivity contribution in [3.63, 3.8) is 0 Å². The van der Waals surface area contributed by atoms with Crippen molar-refractivity contribution in [2.45, 2.75) is 53.0 Å². The minimum atomic E-state index is -0.317. The number of nitrogens with zero attached hydrogens (tertiary/aromatic N) is 6. The normalized spacial score (nSPS) is 15.4. The molecule has 9 heteroatoms. The number of fused-ring (bicyclic) bond motifs is 3. The van der Waals surface area contributed by atoms with Gasteiger partial charge in [-0.2, -0.15) is 0 Å². The Morgan fingerprint density at radius 3 is 2.54 bits per heavy atom. The summed E-state index contributed by atoms with van der Waals surface area (Å²) in [5.41, 5.74) is 11.0. The predicted molar refractivity (Wildman–Crippen MR) is 138 cm³/mol. The van der Waals surface area contributed by atoms with Gasteiger partial charge < -0.3 is 10.2 Å². The Morgan fingerprint density at radius 1 is 1.09 bits per heavy atom. The second-order valence-corrected chi connectivity index (χ2v) is 10.3. The fraction of sp³-hybridized carbons (Fsp3) is 0.346. The third kappa shape index (κ3) is 4.26. The molecule has 4 heterocycles. The van der Waals surface area contributed by atoms with E-state index < -0.39 is 0 Å². The topological polar surface area (TPSA) is 108 Å². The summed E-state index contributed by atoms with van der Waals surface area (Å²) in [7, 11) is 0. The Bertz CT molecular complexity index is 1420. The monoisotopic (exact) mass is 487 g/mol. The van der Waals surface area contributed by atoms with E-state index >= 15 is 0 Å². The lowest BCUT2D eigenvalue weighted by molar-refractivity contribution is 0.418.